The van der Waals surface area contributed by atoms with Crippen molar-refractivity contribution in [3.63, 3.8) is 0 Å². The fourth-order valence-electron chi connectivity index (χ4n) is 0.876. The molecule has 0 aliphatic carbocycles. The summed E-state index contributed by atoms with van der Waals surface area (Å²) < 4.78 is 0. The lowest BCUT2D eigenvalue weighted by Crippen LogP contribution is -1.95. The molecule has 0 aliphatic heterocycles. The smallest absolute Gasteiger partial charge is 0.152 e. The minimum absolute atomic E-state index is 0.502. The van der Waals surface area contributed by atoms with Crippen molar-refractivity contribution >= 4 is 0 Å². The summed E-state index contributed by atoms with van der Waals surface area (Å²) in [5, 5.41) is 8.21. The highest BCUT2D eigenvalue weighted by Gasteiger charge is 1.89. The van der Waals surface area contributed by atoms with Crippen LogP contribution in [0.4, 0.5) is 0 Å². The summed E-state index contributed by atoms with van der Waals surface area (Å²) >= 11 is 0. The highest BCUT2D eigenvalue weighted by Crippen LogP contribution is 2.02. The van der Waals surface area contributed by atoms with E-state index in [0.717, 1.165) is 11.1 Å². The van der Waals surface area contributed by atoms with Crippen LogP contribution in [0.15, 0.2) is 24.3 Å². The van der Waals surface area contributed by atoms with Gasteiger partial charge in [-0.2, -0.15) is 5.26 Å². The van der Waals surface area contributed by atoms with Gasteiger partial charge < -0.3 is 5.73 Å². The topological polar surface area (TPSA) is 49.8 Å². The van der Waals surface area contributed by atoms with Gasteiger partial charge in [0.05, 0.1) is 0 Å². The Morgan fingerprint density at radius 3 is 2.92 bits per heavy atom. The van der Waals surface area contributed by atoms with E-state index >= 15 is 0 Å². The molecular formula is C10H8N2. The fraction of sp³-hybridized carbons (Fsp3) is 0.100. The second-order valence-electron chi connectivity index (χ2n) is 2.27. The van der Waals surface area contributed by atoms with Gasteiger partial charge in [-0.15, -0.1) is 0 Å². The van der Waals surface area contributed by atoms with E-state index in [9.17, 15) is 0 Å². The third-order valence-electron chi connectivity index (χ3n) is 1.43. The lowest BCUT2D eigenvalue weighted by Gasteiger charge is -1.95. The van der Waals surface area contributed by atoms with E-state index in [1.165, 1.54) is 0 Å². The van der Waals surface area contributed by atoms with Crippen LogP contribution in [0, 0.1) is 23.2 Å². The number of benzene rings is 1. The van der Waals surface area contributed by atoms with E-state index < -0.39 is 0 Å². The Hall–Kier alpha value is -1.77. The Bertz CT molecular complexity index is 363. The molecule has 0 heterocycles. The summed E-state index contributed by atoms with van der Waals surface area (Å²) in [4.78, 5) is 0. The molecule has 2 nitrogen and oxygen atoms in total. The Balaban J connectivity index is 2.96. The first-order valence-corrected chi connectivity index (χ1v) is 3.56. The first-order chi connectivity index (χ1) is 5.86. The standard InChI is InChI=1S/C10H8N2/c11-6-2-5-9-3-1-4-10(7-9)8-12/h1,3-4,7H,8,12H2. The molecule has 0 saturated carbocycles. The van der Waals surface area contributed by atoms with Crippen LogP contribution in [0.25, 0.3) is 0 Å². The normalized spacial score (nSPS) is 8.00. The SMILES string of the molecule is N#CC#Cc1cccc(CN)c1. The number of hydrogen-bond acceptors (Lipinski definition) is 2. The van der Waals surface area contributed by atoms with Crippen LogP contribution in [-0.2, 0) is 6.54 Å². The summed E-state index contributed by atoms with van der Waals surface area (Å²) in [7, 11) is 0. The van der Waals surface area contributed by atoms with Crippen LogP contribution in [0.1, 0.15) is 11.1 Å². The molecule has 0 unspecified atom stereocenters. The number of nitrogens with zero attached hydrogens (tertiary/aromatic N) is 1. The molecule has 0 fully saturated rings. The van der Waals surface area contributed by atoms with E-state index in [2.05, 4.69) is 11.8 Å². The van der Waals surface area contributed by atoms with Gasteiger partial charge in [0.2, 0.25) is 0 Å². The molecule has 0 bridgehead atoms. The summed E-state index contributed by atoms with van der Waals surface area (Å²) in [6.07, 6.45) is 0. The van der Waals surface area contributed by atoms with Crippen LogP contribution in [-0.4, -0.2) is 0 Å². The summed E-state index contributed by atoms with van der Waals surface area (Å²) in [6, 6.07) is 9.30. The van der Waals surface area contributed by atoms with Crippen molar-refractivity contribution in [1.82, 2.24) is 0 Å². The van der Waals surface area contributed by atoms with Gasteiger partial charge in [0.25, 0.3) is 0 Å². The highest BCUT2D eigenvalue weighted by atomic mass is 14.5. The molecule has 58 valence electrons. The number of hydrogen-bond donors (Lipinski definition) is 1. The van der Waals surface area contributed by atoms with Gasteiger partial charge in [-0.1, -0.05) is 18.1 Å². The molecule has 0 atom stereocenters. The van der Waals surface area contributed by atoms with E-state index in [-0.39, 0.29) is 0 Å². The van der Waals surface area contributed by atoms with Gasteiger partial charge in [-0.3, -0.25) is 0 Å². The van der Waals surface area contributed by atoms with Crippen LogP contribution in [0.2, 0.25) is 0 Å². The Morgan fingerprint density at radius 2 is 2.25 bits per heavy atom. The quantitative estimate of drug-likeness (QED) is 0.617. The van der Waals surface area contributed by atoms with Gasteiger partial charge >= 0.3 is 0 Å². The van der Waals surface area contributed by atoms with Crippen LogP contribution < -0.4 is 5.73 Å². The first kappa shape index (κ1) is 8.33. The van der Waals surface area contributed by atoms with Gasteiger partial charge in [0, 0.05) is 18.0 Å². The Labute approximate surface area is 71.6 Å². The maximum atomic E-state index is 8.21. The molecule has 0 aromatic heterocycles. The van der Waals surface area contributed by atoms with Gasteiger partial charge in [0.1, 0.15) is 0 Å². The van der Waals surface area contributed by atoms with E-state index in [4.69, 9.17) is 11.0 Å². The minimum Gasteiger partial charge on any atom is -0.326 e. The largest absolute Gasteiger partial charge is 0.326 e. The van der Waals surface area contributed by atoms with E-state index in [0.29, 0.717) is 6.54 Å². The van der Waals surface area contributed by atoms with Crippen LogP contribution in [0.5, 0.6) is 0 Å². The second kappa shape index (κ2) is 4.18. The summed E-state index contributed by atoms with van der Waals surface area (Å²) in [5.74, 6) is 5.03. The zero-order valence-electron chi connectivity index (χ0n) is 6.54. The average molecular weight is 156 g/mol. The molecule has 1 aromatic carbocycles. The summed E-state index contributed by atoms with van der Waals surface area (Å²) in [5.41, 5.74) is 7.29. The van der Waals surface area contributed by atoms with Crippen molar-refractivity contribution in [2.45, 2.75) is 6.54 Å². The molecule has 0 saturated heterocycles. The predicted octanol–water partition coefficient (Wildman–Crippen LogP) is 1.02. The molecule has 1 rings (SSSR count). The highest BCUT2D eigenvalue weighted by molar-refractivity contribution is 5.39. The third-order valence-corrected chi connectivity index (χ3v) is 1.43. The van der Waals surface area contributed by atoms with Gasteiger partial charge in [-0.25, -0.2) is 0 Å². The summed E-state index contributed by atoms with van der Waals surface area (Å²) in [6.45, 7) is 0.502. The van der Waals surface area contributed by atoms with Crippen LogP contribution >= 0.6 is 0 Å². The number of rotatable bonds is 1. The molecule has 2 N–H and O–H groups in total. The minimum atomic E-state index is 0.502. The maximum Gasteiger partial charge on any atom is 0.152 e. The third kappa shape index (κ3) is 2.12. The number of nitrogens with two attached hydrogens (primary N) is 1. The zero-order chi connectivity index (χ0) is 8.81. The van der Waals surface area contributed by atoms with Gasteiger partial charge in [0.15, 0.2) is 6.07 Å². The molecule has 0 spiro atoms. The molecule has 12 heavy (non-hydrogen) atoms. The van der Waals surface area contributed by atoms with Crippen molar-refractivity contribution in [2.75, 3.05) is 0 Å². The lowest BCUT2D eigenvalue weighted by molar-refractivity contribution is 1.07. The molecular weight excluding hydrogens is 148 g/mol. The Morgan fingerprint density at radius 1 is 1.42 bits per heavy atom. The predicted molar refractivity (Wildman–Crippen MR) is 46.8 cm³/mol. The van der Waals surface area contributed by atoms with Crippen molar-refractivity contribution < 1.29 is 0 Å². The monoisotopic (exact) mass is 156 g/mol. The second-order valence-corrected chi connectivity index (χ2v) is 2.27. The molecule has 1 aromatic rings. The van der Waals surface area contributed by atoms with Crippen molar-refractivity contribution in [3.8, 4) is 17.9 Å². The van der Waals surface area contributed by atoms with Gasteiger partial charge in [-0.05, 0) is 17.7 Å². The number of nitriles is 1. The molecule has 0 aliphatic rings. The Kier molecular flexibility index (Phi) is 2.90. The van der Waals surface area contributed by atoms with Crippen molar-refractivity contribution in [1.29, 1.82) is 5.26 Å². The molecule has 2 heteroatoms. The first-order valence-electron chi connectivity index (χ1n) is 3.56. The average Bonchev–Trinajstić information content (AvgIpc) is 2.15. The fourth-order valence-corrected chi connectivity index (χ4v) is 0.876. The molecule has 0 amide bonds. The zero-order valence-corrected chi connectivity index (χ0v) is 6.54. The van der Waals surface area contributed by atoms with E-state index in [1.54, 1.807) is 6.07 Å². The maximum absolute atomic E-state index is 8.21. The van der Waals surface area contributed by atoms with Crippen LogP contribution in [0.3, 0.4) is 0 Å². The lowest BCUT2D eigenvalue weighted by atomic mass is 10.1. The van der Waals surface area contributed by atoms with E-state index in [1.807, 2.05) is 24.3 Å². The van der Waals surface area contributed by atoms with Crippen molar-refractivity contribution in [2.24, 2.45) is 5.73 Å². The van der Waals surface area contributed by atoms with Crippen molar-refractivity contribution in [3.05, 3.63) is 35.4 Å². The molecule has 0 radical (unpaired) electrons.